The van der Waals surface area contributed by atoms with Crippen LogP contribution in [-0.4, -0.2) is 43.5 Å². The average Bonchev–Trinajstić information content (AvgIpc) is 2.29. The third-order valence-electron chi connectivity index (χ3n) is 3.58. The van der Waals surface area contributed by atoms with Crippen LogP contribution < -0.4 is 10.6 Å². The second-order valence-corrected chi connectivity index (χ2v) is 5.24. The van der Waals surface area contributed by atoms with Crippen LogP contribution >= 0.6 is 0 Å². The maximum absolute atomic E-state index is 7.74. The Hall–Kier alpha value is -1.55. The van der Waals surface area contributed by atoms with Crippen molar-refractivity contribution in [1.29, 1.82) is 5.41 Å². The lowest BCUT2D eigenvalue weighted by Crippen LogP contribution is -2.51. The van der Waals surface area contributed by atoms with Crippen LogP contribution in [0.4, 0.5) is 5.69 Å². The molecule has 0 aromatic heterocycles. The van der Waals surface area contributed by atoms with Gasteiger partial charge in [0.2, 0.25) is 0 Å². The van der Waals surface area contributed by atoms with E-state index in [1.807, 2.05) is 13.0 Å². The van der Waals surface area contributed by atoms with E-state index in [9.17, 15) is 0 Å². The molecule has 1 aromatic carbocycles. The summed E-state index contributed by atoms with van der Waals surface area (Å²) in [5, 5.41) is 7.74. The number of nitrogens with one attached hydrogen (secondary N) is 1. The average molecular weight is 246 g/mol. The fourth-order valence-corrected chi connectivity index (χ4v) is 2.61. The zero-order valence-electron chi connectivity index (χ0n) is 11.4. The number of nitrogens with zero attached hydrogens (tertiary/aromatic N) is 2. The van der Waals surface area contributed by atoms with Crippen LogP contribution in [0.3, 0.4) is 0 Å². The highest BCUT2D eigenvalue weighted by atomic mass is 15.3. The van der Waals surface area contributed by atoms with Gasteiger partial charge in [-0.1, -0.05) is 11.6 Å². The van der Waals surface area contributed by atoms with Crippen LogP contribution in [0.25, 0.3) is 0 Å². The summed E-state index contributed by atoms with van der Waals surface area (Å²) in [6.07, 6.45) is 0. The van der Waals surface area contributed by atoms with Crippen molar-refractivity contribution in [2.75, 3.05) is 31.6 Å². The maximum atomic E-state index is 7.74. The number of nitrogens with two attached hydrogens (primary N) is 1. The molecule has 1 heterocycles. The Labute approximate surface area is 109 Å². The summed E-state index contributed by atoms with van der Waals surface area (Å²) < 4.78 is 0. The molecule has 1 saturated heterocycles. The van der Waals surface area contributed by atoms with E-state index >= 15 is 0 Å². The second kappa shape index (κ2) is 4.98. The van der Waals surface area contributed by atoms with Gasteiger partial charge in [-0.2, -0.15) is 0 Å². The maximum Gasteiger partial charge on any atom is 0.124 e. The Morgan fingerprint density at radius 3 is 2.72 bits per heavy atom. The molecule has 0 bridgehead atoms. The summed E-state index contributed by atoms with van der Waals surface area (Å²) in [7, 11) is 2.15. The molecule has 1 aromatic rings. The van der Waals surface area contributed by atoms with E-state index in [2.05, 4.69) is 35.9 Å². The summed E-state index contributed by atoms with van der Waals surface area (Å²) in [6, 6.07) is 6.63. The summed E-state index contributed by atoms with van der Waals surface area (Å²) in [6.45, 7) is 7.34. The standard InChI is InChI=1S/C14H22N4/c1-10-4-5-13(12(8-10)14(15)16)18-7-6-17(3)9-11(18)2/h4-5,8,11H,6-7,9H2,1-3H3,(H3,15,16). The molecule has 0 spiro atoms. The van der Waals surface area contributed by atoms with Gasteiger partial charge in [-0.15, -0.1) is 0 Å². The topological polar surface area (TPSA) is 56.4 Å². The molecule has 0 amide bonds. The van der Waals surface area contributed by atoms with E-state index in [1.54, 1.807) is 0 Å². The smallest absolute Gasteiger partial charge is 0.124 e. The number of likely N-dealkylation sites (N-methyl/N-ethyl adjacent to an activating group) is 1. The van der Waals surface area contributed by atoms with E-state index in [0.29, 0.717) is 6.04 Å². The fraction of sp³-hybridized carbons (Fsp3) is 0.500. The Morgan fingerprint density at radius 2 is 2.11 bits per heavy atom. The minimum Gasteiger partial charge on any atom is -0.384 e. The molecule has 18 heavy (non-hydrogen) atoms. The number of amidine groups is 1. The van der Waals surface area contributed by atoms with E-state index in [0.717, 1.165) is 36.4 Å². The predicted octanol–water partition coefficient (Wildman–Crippen LogP) is 1.42. The molecule has 0 aliphatic carbocycles. The van der Waals surface area contributed by atoms with Crippen molar-refractivity contribution in [1.82, 2.24) is 4.90 Å². The van der Waals surface area contributed by atoms with Gasteiger partial charge in [0.1, 0.15) is 5.84 Å². The summed E-state index contributed by atoms with van der Waals surface area (Å²) >= 11 is 0. The molecule has 98 valence electrons. The Balaban J connectivity index is 2.35. The number of nitrogen functional groups attached to an aromatic ring is 1. The zero-order chi connectivity index (χ0) is 13.3. The minimum absolute atomic E-state index is 0.153. The lowest BCUT2D eigenvalue weighted by Gasteiger charge is -2.40. The molecule has 1 atom stereocenters. The van der Waals surface area contributed by atoms with Gasteiger partial charge in [-0.25, -0.2) is 0 Å². The normalized spacial score (nSPS) is 21.1. The highest BCUT2D eigenvalue weighted by Crippen LogP contribution is 2.25. The lowest BCUT2D eigenvalue weighted by molar-refractivity contribution is 0.275. The molecule has 2 rings (SSSR count). The Kier molecular flexibility index (Phi) is 3.57. The van der Waals surface area contributed by atoms with Gasteiger partial charge >= 0.3 is 0 Å². The Morgan fingerprint density at radius 1 is 1.39 bits per heavy atom. The largest absolute Gasteiger partial charge is 0.384 e. The first-order valence-corrected chi connectivity index (χ1v) is 6.39. The number of rotatable bonds is 2. The number of piperazine rings is 1. The monoisotopic (exact) mass is 246 g/mol. The highest BCUT2D eigenvalue weighted by Gasteiger charge is 2.23. The summed E-state index contributed by atoms with van der Waals surface area (Å²) in [5.74, 6) is 0.153. The summed E-state index contributed by atoms with van der Waals surface area (Å²) in [5.41, 5.74) is 8.80. The molecule has 0 radical (unpaired) electrons. The van der Waals surface area contributed by atoms with E-state index in [1.165, 1.54) is 0 Å². The SMILES string of the molecule is Cc1ccc(N2CCN(C)CC2C)c(C(=N)N)c1. The number of benzene rings is 1. The van der Waals surface area contributed by atoms with Crippen molar-refractivity contribution in [2.24, 2.45) is 5.73 Å². The first-order chi connectivity index (χ1) is 8.49. The first-order valence-electron chi connectivity index (χ1n) is 6.39. The molecule has 1 fully saturated rings. The second-order valence-electron chi connectivity index (χ2n) is 5.24. The van der Waals surface area contributed by atoms with Crippen molar-refractivity contribution in [3.8, 4) is 0 Å². The third kappa shape index (κ3) is 2.48. The van der Waals surface area contributed by atoms with Gasteiger partial charge in [-0.05, 0) is 33.0 Å². The molecule has 4 heteroatoms. The fourth-order valence-electron chi connectivity index (χ4n) is 2.61. The highest BCUT2D eigenvalue weighted by molar-refractivity contribution is 6.00. The molecule has 1 aliphatic rings. The minimum atomic E-state index is 0.153. The Bertz CT molecular complexity index is 455. The number of aryl methyl sites for hydroxylation is 1. The zero-order valence-corrected chi connectivity index (χ0v) is 11.4. The van der Waals surface area contributed by atoms with Crippen molar-refractivity contribution >= 4 is 11.5 Å². The first kappa shape index (κ1) is 12.9. The molecule has 3 N–H and O–H groups in total. The van der Waals surface area contributed by atoms with Gasteiger partial charge in [0.25, 0.3) is 0 Å². The predicted molar refractivity (Wildman–Crippen MR) is 76.5 cm³/mol. The quantitative estimate of drug-likeness (QED) is 0.613. The van der Waals surface area contributed by atoms with Gasteiger partial charge < -0.3 is 15.5 Å². The van der Waals surface area contributed by atoms with Crippen LogP contribution in [0.1, 0.15) is 18.1 Å². The van der Waals surface area contributed by atoms with Gasteiger partial charge in [0.05, 0.1) is 0 Å². The molecule has 0 saturated carbocycles. The van der Waals surface area contributed by atoms with Crippen molar-refractivity contribution in [3.05, 3.63) is 29.3 Å². The third-order valence-corrected chi connectivity index (χ3v) is 3.58. The van der Waals surface area contributed by atoms with Gasteiger partial charge in [0.15, 0.2) is 0 Å². The number of anilines is 1. The van der Waals surface area contributed by atoms with Crippen molar-refractivity contribution in [2.45, 2.75) is 19.9 Å². The number of hydrogen-bond acceptors (Lipinski definition) is 3. The van der Waals surface area contributed by atoms with E-state index < -0.39 is 0 Å². The van der Waals surface area contributed by atoms with Crippen molar-refractivity contribution in [3.63, 3.8) is 0 Å². The molecule has 4 nitrogen and oxygen atoms in total. The van der Waals surface area contributed by atoms with Crippen LogP contribution in [0.15, 0.2) is 18.2 Å². The summed E-state index contributed by atoms with van der Waals surface area (Å²) in [4.78, 5) is 4.69. The molecular weight excluding hydrogens is 224 g/mol. The van der Waals surface area contributed by atoms with Crippen LogP contribution in [0.5, 0.6) is 0 Å². The van der Waals surface area contributed by atoms with Crippen LogP contribution in [0.2, 0.25) is 0 Å². The molecule has 1 aliphatic heterocycles. The van der Waals surface area contributed by atoms with E-state index in [-0.39, 0.29) is 5.84 Å². The van der Waals surface area contributed by atoms with Crippen molar-refractivity contribution < 1.29 is 0 Å². The lowest BCUT2D eigenvalue weighted by atomic mass is 10.0. The van der Waals surface area contributed by atoms with Crippen LogP contribution in [0, 0.1) is 12.3 Å². The van der Waals surface area contributed by atoms with E-state index in [4.69, 9.17) is 11.1 Å². The number of hydrogen-bond donors (Lipinski definition) is 2. The van der Waals surface area contributed by atoms with Crippen LogP contribution in [-0.2, 0) is 0 Å². The van der Waals surface area contributed by atoms with Gasteiger partial charge in [0, 0.05) is 36.9 Å². The van der Waals surface area contributed by atoms with Gasteiger partial charge in [-0.3, -0.25) is 5.41 Å². The molecule has 1 unspecified atom stereocenters. The molecular formula is C14H22N4.